The molecule has 0 saturated carbocycles. The van der Waals surface area contributed by atoms with Crippen LogP contribution in [0.4, 0.5) is 14.5 Å². The molecule has 2 N–H and O–H groups in total. The lowest BCUT2D eigenvalue weighted by atomic mass is 9.94. The molecular formula is C24H15F2N3O3. The third-order valence-corrected chi connectivity index (χ3v) is 5.45. The number of halogens is 2. The van der Waals surface area contributed by atoms with E-state index < -0.39 is 35.1 Å². The Morgan fingerprint density at radius 2 is 1.78 bits per heavy atom. The zero-order valence-electron chi connectivity index (χ0n) is 16.4. The average Bonchev–Trinajstić information content (AvgIpc) is 3.38. The number of aromatic amines is 1. The number of H-pyrrole nitrogens is 1. The van der Waals surface area contributed by atoms with Crippen LogP contribution in [0, 0.1) is 11.6 Å². The lowest BCUT2D eigenvalue weighted by Crippen LogP contribution is -2.30. The highest BCUT2D eigenvalue weighted by molar-refractivity contribution is 6.51. The van der Waals surface area contributed by atoms with Crippen molar-refractivity contribution in [3.8, 4) is 0 Å². The first kappa shape index (κ1) is 19.6. The Hall–Kier alpha value is -4.33. The van der Waals surface area contributed by atoms with Crippen molar-refractivity contribution < 1.29 is 23.5 Å². The normalized spacial score (nSPS) is 17.9. The van der Waals surface area contributed by atoms with E-state index in [4.69, 9.17) is 0 Å². The molecule has 6 nitrogen and oxygen atoms in total. The van der Waals surface area contributed by atoms with Gasteiger partial charge in [-0.2, -0.15) is 0 Å². The molecule has 0 aliphatic carbocycles. The molecule has 0 radical (unpaired) electrons. The van der Waals surface area contributed by atoms with Crippen LogP contribution in [0.25, 0.3) is 16.8 Å². The Morgan fingerprint density at radius 3 is 2.56 bits per heavy atom. The number of carbonyl (C=O) groups excluding carboxylic acids is 2. The first-order valence-corrected chi connectivity index (χ1v) is 9.71. The molecule has 158 valence electrons. The molecule has 1 unspecified atom stereocenters. The van der Waals surface area contributed by atoms with Crippen LogP contribution >= 0.6 is 0 Å². The van der Waals surface area contributed by atoms with E-state index >= 15 is 0 Å². The largest absolute Gasteiger partial charge is 0.507 e. The number of benzene rings is 3. The molecule has 1 fully saturated rings. The number of rotatable bonds is 3. The average molecular weight is 431 g/mol. The number of nitrogens with zero attached hydrogens (tertiary/aromatic N) is 2. The van der Waals surface area contributed by atoms with Gasteiger partial charge in [-0.3, -0.25) is 14.5 Å². The number of Topliss-reactive ketones (excluding diaryl/α,β-unsaturated/α-hetero) is 1. The Labute approximate surface area is 180 Å². The number of imidazole rings is 1. The predicted octanol–water partition coefficient (Wildman–Crippen LogP) is 4.47. The number of hydrogen-bond donors (Lipinski definition) is 2. The summed E-state index contributed by atoms with van der Waals surface area (Å²) in [6, 6.07) is 15.0. The molecule has 32 heavy (non-hydrogen) atoms. The summed E-state index contributed by atoms with van der Waals surface area (Å²) in [4.78, 5) is 34.2. The van der Waals surface area contributed by atoms with E-state index in [1.54, 1.807) is 48.5 Å². The van der Waals surface area contributed by atoms with Crippen molar-refractivity contribution in [3.63, 3.8) is 0 Å². The molecule has 1 saturated heterocycles. The van der Waals surface area contributed by atoms with Crippen LogP contribution in [0.2, 0.25) is 0 Å². The summed E-state index contributed by atoms with van der Waals surface area (Å²) in [5, 5.41) is 11.0. The Balaban J connectivity index is 1.78. The summed E-state index contributed by atoms with van der Waals surface area (Å²) < 4.78 is 29.0. The standard InChI is InChI=1S/C24H15F2N3O3/c25-16-8-4-7-15(20(16)26)21-19(22(30)13-5-2-1-3-6-13)23(31)24(32)29(21)14-9-10-17-18(11-14)28-12-27-17/h1-12,21,30H,(H,27,28). The van der Waals surface area contributed by atoms with E-state index in [1.165, 1.54) is 18.5 Å². The maximum absolute atomic E-state index is 14.9. The van der Waals surface area contributed by atoms with Crippen LogP contribution < -0.4 is 4.90 Å². The fourth-order valence-electron chi connectivity index (χ4n) is 3.95. The van der Waals surface area contributed by atoms with Crippen molar-refractivity contribution >= 4 is 34.2 Å². The van der Waals surface area contributed by atoms with Gasteiger partial charge in [-0.15, -0.1) is 0 Å². The van der Waals surface area contributed by atoms with Crippen LogP contribution in [0.3, 0.4) is 0 Å². The van der Waals surface area contributed by atoms with Crippen LogP contribution in [0.1, 0.15) is 17.2 Å². The molecule has 8 heteroatoms. The lowest BCUT2D eigenvalue weighted by molar-refractivity contribution is -0.132. The lowest BCUT2D eigenvalue weighted by Gasteiger charge is -2.25. The highest BCUT2D eigenvalue weighted by Crippen LogP contribution is 2.43. The van der Waals surface area contributed by atoms with Crippen molar-refractivity contribution in [2.45, 2.75) is 6.04 Å². The minimum atomic E-state index is -1.37. The molecule has 5 rings (SSSR count). The number of anilines is 1. The van der Waals surface area contributed by atoms with E-state index in [9.17, 15) is 23.5 Å². The maximum atomic E-state index is 14.9. The van der Waals surface area contributed by atoms with E-state index in [0.29, 0.717) is 11.0 Å². The van der Waals surface area contributed by atoms with Gasteiger partial charge in [0.15, 0.2) is 11.6 Å². The van der Waals surface area contributed by atoms with Crippen molar-refractivity contribution in [2.75, 3.05) is 4.90 Å². The number of carbonyl (C=O) groups is 2. The Bertz CT molecular complexity index is 1410. The topological polar surface area (TPSA) is 86.3 Å². The van der Waals surface area contributed by atoms with Gasteiger partial charge in [0.1, 0.15) is 5.76 Å². The third-order valence-electron chi connectivity index (χ3n) is 5.45. The van der Waals surface area contributed by atoms with Crippen molar-refractivity contribution in [3.05, 3.63) is 101 Å². The van der Waals surface area contributed by atoms with Gasteiger partial charge in [0.05, 0.1) is 29.0 Å². The maximum Gasteiger partial charge on any atom is 0.300 e. The van der Waals surface area contributed by atoms with Crippen molar-refractivity contribution in [1.82, 2.24) is 9.97 Å². The number of ketones is 1. The second-order valence-electron chi connectivity index (χ2n) is 7.28. The zero-order valence-corrected chi connectivity index (χ0v) is 16.4. The van der Waals surface area contributed by atoms with E-state index in [0.717, 1.165) is 11.0 Å². The van der Waals surface area contributed by atoms with Gasteiger partial charge in [0, 0.05) is 16.8 Å². The number of nitrogens with one attached hydrogen (secondary N) is 1. The monoisotopic (exact) mass is 431 g/mol. The number of aliphatic hydroxyl groups excluding tert-OH is 1. The number of hydrogen-bond acceptors (Lipinski definition) is 4. The van der Waals surface area contributed by atoms with E-state index in [1.807, 2.05) is 0 Å². The quantitative estimate of drug-likeness (QED) is 0.285. The molecule has 4 aromatic rings. The third kappa shape index (κ3) is 2.96. The van der Waals surface area contributed by atoms with E-state index in [-0.39, 0.29) is 22.4 Å². The van der Waals surface area contributed by atoms with Gasteiger partial charge in [0.25, 0.3) is 11.7 Å². The fourth-order valence-corrected chi connectivity index (χ4v) is 3.95. The molecule has 1 aliphatic heterocycles. The van der Waals surface area contributed by atoms with Gasteiger partial charge in [-0.25, -0.2) is 13.8 Å². The predicted molar refractivity (Wildman–Crippen MR) is 114 cm³/mol. The highest BCUT2D eigenvalue weighted by Gasteiger charge is 2.48. The van der Waals surface area contributed by atoms with E-state index in [2.05, 4.69) is 9.97 Å². The van der Waals surface area contributed by atoms with Crippen LogP contribution in [0.5, 0.6) is 0 Å². The van der Waals surface area contributed by atoms with Gasteiger partial charge < -0.3 is 10.1 Å². The molecule has 3 aromatic carbocycles. The second-order valence-corrected chi connectivity index (χ2v) is 7.28. The molecule has 2 heterocycles. The molecule has 1 amide bonds. The molecular weight excluding hydrogens is 416 g/mol. The molecule has 1 aliphatic rings. The number of amides is 1. The summed E-state index contributed by atoms with van der Waals surface area (Å²) in [7, 11) is 0. The summed E-state index contributed by atoms with van der Waals surface area (Å²) in [6.45, 7) is 0. The van der Waals surface area contributed by atoms with Gasteiger partial charge in [0.2, 0.25) is 0 Å². The molecule has 1 atom stereocenters. The smallest absolute Gasteiger partial charge is 0.300 e. The van der Waals surface area contributed by atoms with Crippen LogP contribution in [-0.4, -0.2) is 26.8 Å². The zero-order chi connectivity index (χ0) is 22.4. The summed E-state index contributed by atoms with van der Waals surface area (Å²) in [5.41, 5.74) is 1.19. The van der Waals surface area contributed by atoms with Crippen LogP contribution in [0.15, 0.2) is 78.6 Å². The highest BCUT2D eigenvalue weighted by atomic mass is 19.2. The van der Waals surface area contributed by atoms with Crippen LogP contribution in [-0.2, 0) is 9.59 Å². The number of fused-ring (bicyclic) bond motifs is 1. The van der Waals surface area contributed by atoms with Gasteiger partial charge >= 0.3 is 0 Å². The van der Waals surface area contributed by atoms with Crippen molar-refractivity contribution in [2.24, 2.45) is 0 Å². The Morgan fingerprint density at radius 1 is 1.00 bits per heavy atom. The first-order valence-electron chi connectivity index (χ1n) is 9.71. The van der Waals surface area contributed by atoms with Crippen molar-refractivity contribution in [1.29, 1.82) is 0 Å². The minimum absolute atomic E-state index is 0.244. The minimum Gasteiger partial charge on any atom is -0.507 e. The van der Waals surface area contributed by atoms with Gasteiger partial charge in [-0.05, 0) is 24.3 Å². The first-order chi connectivity index (χ1) is 15.5. The summed E-state index contributed by atoms with van der Waals surface area (Å²) >= 11 is 0. The number of aliphatic hydroxyl groups is 1. The second kappa shape index (κ2) is 7.42. The molecule has 1 aromatic heterocycles. The van der Waals surface area contributed by atoms with Gasteiger partial charge in [-0.1, -0.05) is 42.5 Å². The fraction of sp³-hybridized carbons (Fsp3) is 0.0417. The molecule has 0 bridgehead atoms. The summed E-state index contributed by atoms with van der Waals surface area (Å²) in [5.74, 6) is -4.76. The Kier molecular flexibility index (Phi) is 4.55. The summed E-state index contributed by atoms with van der Waals surface area (Å²) in [6.07, 6.45) is 1.47. The SMILES string of the molecule is O=C1C(=O)N(c2ccc3nc[nH]c3c2)C(c2cccc(F)c2F)C1=C(O)c1ccccc1. The molecule has 0 spiro atoms. The number of aromatic nitrogens is 2.